The van der Waals surface area contributed by atoms with E-state index in [0.717, 1.165) is 24.5 Å². The van der Waals surface area contributed by atoms with Gasteiger partial charge in [0.1, 0.15) is 11.3 Å². The first kappa shape index (κ1) is 11.1. The van der Waals surface area contributed by atoms with Gasteiger partial charge in [-0.2, -0.15) is 0 Å². The van der Waals surface area contributed by atoms with Crippen molar-refractivity contribution in [1.29, 1.82) is 0 Å². The number of thiazole rings is 1. The Labute approximate surface area is 105 Å². The molecule has 15 heavy (non-hydrogen) atoms. The van der Waals surface area contributed by atoms with Crippen molar-refractivity contribution in [2.75, 3.05) is 13.7 Å². The minimum Gasteiger partial charge on any atom is -0.494 e. The third-order valence-corrected chi connectivity index (χ3v) is 3.98. The summed E-state index contributed by atoms with van der Waals surface area (Å²) >= 11 is 3.83. The molecule has 1 aromatic carbocycles. The molecule has 1 heterocycles. The molecule has 3 nitrogen and oxygen atoms in total. The molecule has 0 saturated carbocycles. The molecule has 0 aliphatic heterocycles. The van der Waals surface area contributed by atoms with E-state index in [0.29, 0.717) is 6.42 Å². The number of benzene rings is 1. The molecule has 1 N–H and O–H groups in total. The average molecular weight is 335 g/mol. The molecule has 5 heteroatoms. The van der Waals surface area contributed by atoms with Crippen LogP contribution in [0.3, 0.4) is 0 Å². The predicted octanol–water partition coefficient (Wildman–Crippen LogP) is 2.44. The summed E-state index contributed by atoms with van der Waals surface area (Å²) in [5.41, 5.74) is 2.03. The van der Waals surface area contributed by atoms with Crippen LogP contribution in [0, 0.1) is 3.01 Å². The lowest BCUT2D eigenvalue weighted by Crippen LogP contribution is -1.92. The summed E-state index contributed by atoms with van der Waals surface area (Å²) in [6.07, 6.45) is 0.665. The van der Waals surface area contributed by atoms with Crippen molar-refractivity contribution in [3.05, 3.63) is 20.7 Å². The molecule has 2 rings (SSSR count). The maximum Gasteiger partial charge on any atom is 0.155 e. The van der Waals surface area contributed by atoms with Gasteiger partial charge in [0.15, 0.2) is 3.01 Å². The first-order valence-electron chi connectivity index (χ1n) is 4.49. The third-order valence-electron chi connectivity index (χ3n) is 2.16. The molecule has 0 saturated heterocycles. The highest BCUT2D eigenvalue weighted by molar-refractivity contribution is 14.1. The van der Waals surface area contributed by atoms with Crippen LogP contribution in [-0.4, -0.2) is 23.8 Å². The summed E-state index contributed by atoms with van der Waals surface area (Å²) in [6.45, 7) is 0.163. The Morgan fingerprint density at radius 1 is 1.53 bits per heavy atom. The van der Waals surface area contributed by atoms with Crippen LogP contribution in [0.1, 0.15) is 5.56 Å². The molecule has 0 radical (unpaired) electrons. The van der Waals surface area contributed by atoms with Gasteiger partial charge in [0.2, 0.25) is 0 Å². The largest absolute Gasteiger partial charge is 0.494 e. The molecule has 80 valence electrons. The number of rotatable bonds is 3. The van der Waals surface area contributed by atoms with Crippen molar-refractivity contribution < 1.29 is 9.84 Å². The zero-order chi connectivity index (χ0) is 10.8. The molecule has 0 spiro atoms. The van der Waals surface area contributed by atoms with Gasteiger partial charge in [0, 0.05) is 6.61 Å². The van der Waals surface area contributed by atoms with Crippen LogP contribution >= 0.6 is 33.9 Å². The number of aliphatic hydroxyl groups is 1. The second kappa shape index (κ2) is 4.63. The quantitative estimate of drug-likeness (QED) is 0.876. The van der Waals surface area contributed by atoms with E-state index in [9.17, 15) is 0 Å². The minimum absolute atomic E-state index is 0.163. The highest BCUT2D eigenvalue weighted by atomic mass is 127. The first-order chi connectivity index (χ1) is 7.26. The molecule has 1 aromatic heterocycles. The van der Waals surface area contributed by atoms with Gasteiger partial charge in [0.25, 0.3) is 0 Å². The van der Waals surface area contributed by atoms with Crippen LogP contribution in [0.5, 0.6) is 5.75 Å². The minimum atomic E-state index is 0.163. The van der Waals surface area contributed by atoms with Crippen LogP contribution in [0.4, 0.5) is 0 Å². The maximum atomic E-state index is 8.96. The molecular weight excluding hydrogens is 325 g/mol. The van der Waals surface area contributed by atoms with E-state index >= 15 is 0 Å². The van der Waals surface area contributed by atoms with Gasteiger partial charge in [-0.15, -0.1) is 11.3 Å². The fourth-order valence-corrected chi connectivity index (χ4v) is 3.24. The van der Waals surface area contributed by atoms with Gasteiger partial charge in [-0.1, -0.05) is 6.07 Å². The molecular formula is C10H10INO2S. The van der Waals surface area contributed by atoms with Crippen LogP contribution in [0.2, 0.25) is 0 Å². The molecule has 0 fully saturated rings. The van der Waals surface area contributed by atoms with E-state index in [1.165, 1.54) is 0 Å². The normalized spacial score (nSPS) is 10.9. The zero-order valence-corrected chi connectivity index (χ0v) is 11.1. The summed E-state index contributed by atoms with van der Waals surface area (Å²) in [4.78, 5) is 4.43. The van der Waals surface area contributed by atoms with Crippen LogP contribution < -0.4 is 4.74 Å². The van der Waals surface area contributed by atoms with Crippen molar-refractivity contribution in [2.24, 2.45) is 0 Å². The summed E-state index contributed by atoms with van der Waals surface area (Å²) < 4.78 is 7.36. The van der Waals surface area contributed by atoms with Crippen molar-refractivity contribution in [2.45, 2.75) is 6.42 Å². The predicted molar refractivity (Wildman–Crippen MR) is 69.7 cm³/mol. The highest BCUT2D eigenvalue weighted by Crippen LogP contribution is 2.33. The Balaban J connectivity index is 2.65. The maximum absolute atomic E-state index is 8.96. The fraction of sp³-hybridized carbons (Fsp3) is 0.300. The topological polar surface area (TPSA) is 42.4 Å². The number of ether oxygens (including phenoxy) is 1. The van der Waals surface area contributed by atoms with E-state index < -0.39 is 0 Å². The summed E-state index contributed by atoms with van der Waals surface area (Å²) in [5, 5.41) is 8.96. The third kappa shape index (κ3) is 2.09. The van der Waals surface area contributed by atoms with E-state index in [2.05, 4.69) is 27.6 Å². The van der Waals surface area contributed by atoms with Crippen molar-refractivity contribution in [3.8, 4) is 5.75 Å². The molecule has 0 aliphatic carbocycles. The Morgan fingerprint density at radius 3 is 3.00 bits per heavy atom. The fourth-order valence-electron chi connectivity index (χ4n) is 1.49. The number of fused-ring (bicyclic) bond motifs is 1. The number of aromatic nitrogens is 1. The average Bonchev–Trinajstić information content (AvgIpc) is 2.61. The summed E-state index contributed by atoms with van der Waals surface area (Å²) in [7, 11) is 1.65. The molecule has 0 amide bonds. The van der Waals surface area contributed by atoms with E-state index in [4.69, 9.17) is 9.84 Å². The van der Waals surface area contributed by atoms with Gasteiger partial charge in [-0.3, -0.25) is 0 Å². The lowest BCUT2D eigenvalue weighted by atomic mass is 10.1. The van der Waals surface area contributed by atoms with E-state index in [-0.39, 0.29) is 6.61 Å². The van der Waals surface area contributed by atoms with E-state index in [1.54, 1.807) is 18.4 Å². The molecule has 0 aliphatic rings. The van der Waals surface area contributed by atoms with Crippen LogP contribution in [0.15, 0.2) is 12.1 Å². The lowest BCUT2D eigenvalue weighted by molar-refractivity contribution is 0.300. The number of aliphatic hydroxyl groups excluding tert-OH is 1. The molecule has 0 atom stereocenters. The van der Waals surface area contributed by atoms with E-state index in [1.807, 2.05) is 12.1 Å². The molecule has 0 bridgehead atoms. The first-order valence-corrected chi connectivity index (χ1v) is 6.38. The standard InChI is InChI=1S/C10H10INO2S/c1-14-7-3-2-6(4-5-13)9-8(7)12-10(11)15-9/h2-3,13H,4-5H2,1H3. The molecule has 2 aromatic rings. The van der Waals surface area contributed by atoms with Gasteiger partial charge < -0.3 is 9.84 Å². The number of nitrogens with zero attached hydrogens (tertiary/aromatic N) is 1. The monoisotopic (exact) mass is 335 g/mol. The lowest BCUT2D eigenvalue weighted by Gasteiger charge is -2.04. The Morgan fingerprint density at radius 2 is 2.33 bits per heavy atom. The Bertz CT molecular complexity index is 483. The Kier molecular flexibility index (Phi) is 3.42. The van der Waals surface area contributed by atoms with Crippen molar-refractivity contribution >= 4 is 44.1 Å². The number of hydrogen-bond donors (Lipinski definition) is 1. The number of methoxy groups -OCH3 is 1. The zero-order valence-electron chi connectivity index (χ0n) is 8.16. The van der Waals surface area contributed by atoms with Gasteiger partial charge in [-0.05, 0) is 40.6 Å². The second-order valence-electron chi connectivity index (χ2n) is 3.05. The SMILES string of the molecule is COc1ccc(CCO)c2sc(I)nc12. The summed E-state index contributed by atoms with van der Waals surface area (Å²) in [5.74, 6) is 0.797. The molecule has 0 unspecified atom stereocenters. The smallest absolute Gasteiger partial charge is 0.155 e. The highest BCUT2D eigenvalue weighted by Gasteiger charge is 2.11. The van der Waals surface area contributed by atoms with Gasteiger partial charge in [-0.25, -0.2) is 4.98 Å². The van der Waals surface area contributed by atoms with Gasteiger partial charge in [0.05, 0.1) is 11.8 Å². The Hall–Kier alpha value is -0.400. The second-order valence-corrected chi connectivity index (χ2v) is 5.80. The van der Waals surface area contributed by atoms with Gasteiger partial charge >= 0.3 is 0 Å². The van der Waals surface area contributed by atoms with Crippen molar-refractivity contribution in [1.82, 2.24) is 4.98 Å². The number of hydrogen-bond acceptors (Lipinski definition) is 4. The number of halogens is 1. The van der Waals surface area contributed by atoms with Crippen LogP contribution in [-0.2, 0) is 6.42 Å². The van der Waals surface area contributed by atoms with Crippen molar-refractivity contribution in [3.63, 3.8) is 0 Å². The summed E-state index contributed by atoms with van der Waals surface area (Å²) in [6, 6.07) is 3.90. The van der Waals surface area contributed by atoms with Crippen LogP contribution in [0.25, 0.3) is 10.2 Å².